The molecule has 0 spiro atoms. The second-order valence-electron chi connectivity index (χ2n) is 21.6. The molecule has 2 aromatic heterocycles. The van der Waals surface area contributed by atoms with Gasteiger partial charge in [0.25, 0.3) is 0 Å². The first-order valence-corrected chi connectivity index (χ1v) is 28.1. The lowest BCUT2D eigenvalue weighted by Gasteiger charge is -2.34. The van der Waals surface area contributed by atoms with Gasteiger partial charge in [0.1, 0.15) is 0 Å². The lowest BCUT2D eigenvalue weighted by Crippen LogP contribution is -2.28. The van der Waals surface area contributed by atoms with Crippen molar-refractivity contribution < 1.29 is 0 Å². The molecule has 0 aliphatic heterocycles. The minimum Gasteiger partial charge on any atom is -0.309 e. The van der Waals surface area contributed by atoms with Gasteiger partial charge in [0.2, 0.25) is 0 Å². The largest absolute Gasteiger partial charge is 0.309 e. The van der Waals surface area contributed by atoms with Gasteiger partial charge in [0, 0.05) is 32.9 Å². The Morgan fingerprint density at radius 3 is 1.00 bits per heavy atom. The highest BCUT2D eigenvalue weighted by molar-refractivity contribution is 6.13. The molecule has 0 saturated heterocycles. The number of rotatable bonds is 9. The third kappa shape index (κ3) is 7.49. The lowest BCUT2D eigenvalue weighted by molar-refractivity contribution is 0.769. The first kappa shape index (κ1) is 46.5. The minimum atomic E-state index is -0.502. The van der Waals surface area contributed by atoms with Gasteiger partial charge in [-0.1, -0.05) is 243 Å². The van der Waals surface area contributed by atoms with E-state index in [1.165, 1.54) is 138 Å². The third-order valence-corrected chi connectivity index (χ3v) is 17.2. The quantitative estimate of drug-likeness (QED) is 0.136. The highest BCUT2D eigenvalue weighted by Gasteiger charge is 2.46. The normalized spacial score (nSPS) is 12.5. The molecule has 0 bridgehead atoms. The molecule has 2 nitrogen and oxygen atoms in total. The summed E-state index contributed by atoms with van der Waals surface area (Å²) in [6, 6.07) is 116. The first-order valence-electron chi connectivity index (χ1n) is 28.1. The molecular weight excluding hydrogens is 977 g/mol. The van der Waals surface area contributed by atoms with Crippen molar-refractivity contribution in [2.24, 2.45) is 0 Å². The van der Waals surface area contributed by atoms with Crippen molar-refractivity contribution in [3.8, 4) is 78.1 Å². The molecule has 13 aromatic carbocycles. The van der Waals surface area contributed by atoms with Crippen LogP contribution in [-0.2, 0) is 5.41 Å². The van der Waals surface area contributed by atoms with Crippen LogP contribution in [-0.4, -0.2) is 9.13 Å². The monoisotopic (exact) mass is 1030 g/mol. The van der Waals surface area contributed by atoms with E-state index in [2.05, 4.69) is 325 Å². The van der Waals surface area contributed by atoms with Gasteiger partial charge in [-0.3, -0.25) is 0 Å². The number of nitrogens with zero attached hydrogens (tertiary/aromatic N) is 2. The van der Waals surface area contributed by atoms with Gasteiger partial charge in [-0.15, -0.1) is 0 Å². The van der Waals surface area contributed by atoms with Gasteiger partial charge in [-0.2, -0.15) is 0 Å². The fourth-order valence-corrected chi connectivity index (χ4v) is 13.5. The molecule has 1 aliphatic carbocycles. The Kier molecular flexibility index (Phi) is 10.8. The Bertz CT molecular complexity index is 4840. The molecule has 15 aromatic rings. The summed E-state index contributed by atoms with van der Waals surface area (Å²) in [5, 5.41) is 5.00. The van der Waals surface area contributed by atoms with Crippen LogP contribution in [0.3, 0.4) is 0 Å². The molecule has 81 heavy (non-hydrogen) atoms. The summed E-state index contributed by atoms with van der Waals surface area (Å²) >= 11 is 0. The molecule has 378 valence electrons. The van der Waals surface area contributed by atoms with Crippen molar-refractivity contribution >= 4 is 43.6 Å². The van der Waals surface area contributed by atoms with E-state index in [4.69, 9.17) is 0 Å². The number of para-hydroxylation sites is 3. The number of benzene rings is 13. The van der Waals surface area contributed by atoms with E-state index in [1.807, 2.05) is 0 Å². The first-order chi connectivity index (χ1) is 40.2. The van der Waals surface area contributed by atoms with Crippen molar-refractivity contribution in [1.29, 1.82) is 0 Å². The Balaban J connectivity index is 0.685. The summed E-state index contributed by atoms with van der Waals surface area (Å²) in [6.07, 6.45) is 0. The molecule has 16 rings (SSSR count). The van der Waals surface area contributed by atoms with Gasteiger partial charge in [-0.05, 0) is 162 Å². The standard InChI is InChI=1S/C79H52N2/c1-3-17-53(18-4-1)59-19-15-21-63(49-59)79(73-29-11-7-25-67(73)68-26-8-12-30-74(68)79)64-22-16-20-60(50-64)58-39-37-55(38-40-58)54-33-35-56(36-34-54)57-41-45-66(46-42-57)81-76-32-14-10-28-70(76)72-52-62(44-48-78(72)81)61-43-47-77-71(51-61)69-27-9-13-31-75(69)80(77)65-23-5-2-6-24-65/h1-52H. The number of hydrogen-bond donors (Lipinski definition) is 0. The Morgan fingerprint density at radius 2 is 0.519 bits per heavy atom. The summed E-state index contributed by atoms with van der Waals surface area (Å²) in [5.74, 6) is 0. The average molecular weight is 1030 g/mol. The zero-order valence-corrected chi connectivity index (χ0v) is 44.4. The van der Waals surface area contributed by atoms with Gasteiger partial charge in [-0.25, -0.2) is 0 Å². The number of hydrogen-bond acceptors (Lipinski definition) is 0. The van der Waals surface area contributed by atoms with Gasteiger partial charge >= 0.3 is 0 Å². The van der Waals surface area contributed by atoms with Crippen LogP contribution in [0.15, 0.2) is 315 Å². The number of aromatic nitrogens is 2. The van der Waals surface area contributed by atoms with E-state index in [0.29, 0.717) is 0 Å². The molecule has 0 atom stereocenters. The van der Waals surface area contributed by atoms with Crippen molar-refractivity contribution in [2.75, 3.05) is 0 Å². The molecule has 0 unspecified atom stereocenters. The van der Waals surface area contributed by atoms with E-state index in [0.717, 1.165) is 5.69 Å². The second kappa shape index (κ2) is 18.8. The average Bonchev–Trinajstić information content (AvgIpc) is 4.40. The zero-order valence-electron chi connectivity index (χ0n) is 44.4. The Labute approximate surface area is 471 Å². The summed E-state index contributed by atoms with van der Waals surface area (Å²) in [6.45, 7) is 0. The highest BCUT2D eigenvalue weighted by Crippen LogP contribution is 2.57. The molecule has 1 aliphatic rings. The molecule has 0 radical (unpaired) electrons. The highest BCUT2D eigenvalue weighted by atomic mass is 15.0. The van der Waals surface area contributed by atoms with Crippen LogP contribution >= 0.6 is 0 Å². The van der Waals surface area contributed by atoms with Gasteiger partial charge < -0.3 is 9.13 Å². The van der Waals surface area contributed by atoms with Gasteiger partial charge in [0.15, 0.2) is 0 Å². The fraction of sp³-hybridized carbons (Fsp3) is 0.0127. The summed E-state index contributed by atoms with van der Waals surface area (Å²) in [5.41, 5.74) is 26.3. The summed E-state index contributed by atoms with van der Waals surface area (Å²) in [7, 11) is 0. The van der Waals surface area contributed by atoms with Crippen LogP contribution in [0.2, 0.25) is 0 Å². The molecule has 2 heterocycles. The molecular formula is C79H52N2. The van der Waals surface area contributed by atoms with Crippen molar-refractivity contribution in [3.63, 3.8) is 0 Å². The molecule has 0 N–H and O–H groups in total. The Hall–Kier alpha value is -10.5. The smallest absolute Gasteiger partial charge is 0.0713 e. The van der Waals surface area contributed by atoms with Crippen LogP contribution < -0.4 is 0 Å². The maximum absolute atomic E-state index is 2.43. The van der Waals surface area contributed by atoms with Crippen molar-refractivity contribution in [2.45, 2.75) is 5.41 Å². The van der Waals surface area contributed by atoms with Crippen LogP contribution in [0.5, 0.6) is 0 Å². The summed E-state index contributed by atoms with van der Waals surface area (Å²) in [4.78, 5) is 0. The molecule has 2 heteroatoms. The van der Waals surface area contributed by atoms with E-state index >= 15 is 0 Å². The molecule has 0 amide bonds. The van der Waals surface area contributed by atoms with Crippen LogP contribution in [0.4, 0.5) is 0 Å². The number of fused-ring (bicyclic) bond motifs is 9. The van der Waals surface area contributed by atoms with Crippen LogP contribution in [0.1, 0.15) is 22.3 Å². The zero-order chi connectivity index (χ0) is 53.4. The maximum atomic E-state index is 2.43. The van der Waals surface area contributed by atoms with Crippen molar-refractivity contribution in [1.82, 2.24) is 9.13 Å². The van der Waals surface area contributed by atoms with Gasteiger partial charge in [0.05, 0.1) is 27.5 Å². The maximum Gasteiger partial charge on any atom is 0.0713 e. The molecule has 0 saturated carbocycles. The molecule has 0 fully saturated rings. The van der Waals surface area contributed by atoms with E-state index < -0.39 is 5.41 Å². The minimum absolute atomic E-state index is 0.502. The predicted molar refractivity (Wildman–Crippen MR) is 340 cm³/mol. The van der Waals surface area contributed by atoms with E-state index in [-0.39, 0.29) is 0 Å². The predicted octanol–water partition coefficient (Wildman–Crippen LogP) is 20.6. The second-order valence-corrected chi connectivity index (χ2v) is 21.6. The summed E-state index contributed by atoms with van der Waals surface area (Å²) < 4.78 is 4.79. The SMILES string of the molecule is c1ccc(-c2cccc(C3(c4cccc(-c5ccc(-c6ccc(-c7ccc(-n8c9ccccc9c9cc(-c%10ccc%11c(c%10)c%10ccccc%10n%11-c%10ccccc%10)ccc98)cc7)cc6)cc5)c4)c4ccccc4-c4ccccc43)c2)cc1. The van der Waals surface area contributed by atoms with E-state index in [9.17, 15) is 0 Å². The van der Waals surface area contributed by atoms with Crippen LogP contribution in [0, 0.1) is 0 Å². The lowest BCUT2D eigenvalue weighted by atomic mass is 9.67. The Morgan fingerprint density at radius 1 is 0.198 bits per heavy atom. The van der Waals surface area contributed by atoms with Crippen LogP contribution in [0.25, 0.3) is 122 Å². The van der Waals surface area contributed by atoms with E-state index in [1.54, 1.807) is 0 Å². The van der Waals surface area contributed by atoms with Crippen molar-refractivity contribution in [3.05, 3.63) is 338 Å². The fourth-order valence-electron chi connectivity index (χ4n) is 13.5. The third-order valence-electron chi connectivity index (χ3n) is 17.2. The topological polar surface area (TPSA) is 9.86 Å².